The molecule has 0 N–H and O–H groups in total. The summed E-state index contributed by atoms with van der Waals surface area (Å²) in [7, 11) is 4.02. The fraction of sp³-hybridized carbons (Fsp3) is 0.312. The monoisotopic (exact) mass is 297 g/mol. The molecule has 0 aliphatic rings. The number of benzene rings is 1. The average Bonchev–Trinajstić information content (AvgIpc) is 2.85. The smallest absolute Gasteiger partial charge is 0.218 e. The van der Waals surface area contributed by atoms with Crippen molar-refractivity contribution in [3.63, 3.8) is 0 Å². The second-order valence-electron chi connectivity index (χ2n) is 5.08. The predicted octanol–water partition coefficient (Wildman–Crippen LogP) is 2.40. The molecule has 0 fully saturated rings. The summed E-state index contributed by atoms with van der Waals surface area (Å²) >= 11 is 0. The average molecular weight is 297 g/mol. The predicted molar refractivity (Wildman–Crippen MR) is 86.0 cm³/mol. The van der Waals surface area contributed by atoms with Gasteiger partial charge >= 0.3 is 0 Å². The molecule has 114 valence electrons. The molecule has 6 heteroatoms. The number of imidazole rings is 1. The van der Waals surface area contributed by atoms with Gasteiger partial charge in [-0.05, 0) is 19.1 Å². The van der Waals surface area contributed by atoms with Crippen LogP contribution in [0.4, 0.5) is 5.82 Å². The number of anilines is 1. The Balaban J connectivity index is 1.85. The highest BCUT2D eigenvalue weighted by atomic mass is 16.5. The van der Waals surface area contributed by atoms with Gasteiger partial charge in [0.15, 0.2) is 0 Å². The van der Waals surface area contributed by atoms with E-state index in [1.54, 1.807) is 0 Å². The molecule has 0 spiro atoms. The summed E-state index contributed by atoms with van der Waals surface area (Å²) in [5.41, 5.74) is 2.13. The molecule has 0 saturated carbocycles. The lowest BCUT2D eigenvalue weighted by molar-refractivity contribution is 0.326. The third-order valence-corrected chi connectivity index (χ3v) is 3.57. The molecular weight excluding hydrogens is 278 g/mol. The Morgan fingerprint density at radius 3 is 2.82 bits per heavy atom. The first-order chi connectivity index (χ1) is 10.7. The van der Waals surface area contributed by atoms with E-state index in [0.717, 1.165) is 22.7 Å². The highest BCUT2D eigenvalue weighted by Gasteiger charge is 2.11. The second-order valence-corrected chi connectivity index (χ2v) is 5.08. The molecule has 3 aromatic rings. The molecule has 0 bridgehead atoms. The standard InChI is InChI=1S/C16H19N5O/c1-4-22-16-9-14(17-11-18-16)20(2)10-15-19-12-7-5-6-8-13(12)21(15)3/h5-9,11H,4,10H2,1-3H3. The highest BCUT2D eigenvalue weighted by Crippen LogP contribution is 2.19. The lowest BCUT2D eigenvalue weighted by Gasteiger charge is -2.18. The van der Waals surface area contributed by atoms with Crippen molar-refractivity contribution in [2.24, 2.45) is 7.05 Å². The molecule has 0 unspecified atom stereocenters. The van der Waals surface area contributed by atoms with Crippen LogP contribution in [0.15, 0.2) is 36.7 Å². The Hall–Kier alpha value is -2.63. The first-order valence-electron chi connectivity index (χ1n) is 7.25. The summed E-state index contributed by atoms with van der Waals surface area (Å²) < 4.78 is 7.53. The fourth-order valence-electron chi connectivity index (χ4n) is 2.40. The van der Waals surface area contributed by atoms with Crippen molar-refractivity contribution < 1.29 is 4.74 Å². The molecule has 0 atom stereocenters. The molecule has 0 saturated heterocycles. The first kappa shape index (κ1) is 14.3. The SMILES string of the molecule is CCOc1cc(N(C)Cc2nc3ccccc3n2C)ncn1. The van der Waals surface area contributed by atoms with Crippen LogP contribution in [0.3, 0.4) is 0 Å². The van der Waals surface area contributed by atoms with Crippen molar-refractivity contribution in [2.75, 3.05) is 18.6 Å². The summed E-state index contributed by atoms with van der Waals surface area (Å²) in [6.45, 7) is 3.18. The zero-order chi connectivity index (χ0) is 15.5. The van der Waals surface area contributed by atoms with Crippen LogP contribution in [0.5, 0.6) is 5.88 Å². The van der Waals surface area contributed by atoms with E-state index >= 15 is 0 Å². The van der Waals surface area contributed by atoms with Gasteiger partial charge in [0.25, 0.3) is 0 Å². The molecular formula is C16H19N5O. The third-order valence-electron chi connectivity index (χ3n) is 3.57. The fourth-order valence-corrected chi connectivity index (χ4v) is 2.40. The Bertz CT molecular complexity index is 783. The van der Waals surface area contributed by atoms with Crippen molar-refractivity contribution in [3.8, 4) is 5.88 Å². The zero-order valence-corrected chi connectivity index (χ0v) is 13.0. The second kappa shape index (κ2) is 6.01. The number of nitrogens with zero attached hydrogens (tertiary/aromatic N) is 5. The van der Waals surface area contributed by atoms with E-state index in [2.05, 4.69) is 25.6 Å². The maximum Gasteiger partial charge on any atom is 0.218 e. The summed E-state index contributed by atoms with van der Waals surface area (Å²) in [5, 5.41) is 0. The van der Waals surface area contributed by atoms with Gasteiger partial charge in [-0.2, -0.15) is 0 Å². The van der Waals surface area contributed by atoms with Gasteiger partial charge in [0, 0.05) is 20.2 Å². The van der Waals surface area contributed by atoms with Gasteiger partial charge in [-0.3, -0.25) is 0 Å². The molecule has 2 aromatic heterocycles. The van der Waals surface area contributed by atoms with Crippen LogP contribution in [-0.2, 0) is 13.6 Å². The molecule has 0 radical (unpaired) electrons. The summed E-state index contributed by atoms with van der Waals surface area (Å²) in [5.74, 6) is 2.38. The van der Waals surface area contributed by atoms with E-state index in [-0.39, 0.29) is 0 Å². The van der Waals surface area contributed by atoms with E-state index in [9.17, 15) is 0 Å². The van der Waals surface area contributed by atoms with E-state index < -0.39 is 0 Å². The van der Waals surface area contributed by atoms with E-state index in [1.807, 2.05) is 50.2 Å². The van der Waals surface area contributed by atoms with E-state index in [0.29, 0.717) is 19.0 Å². The molecule has 0 aliphatic heterocycles. The van der Waals surface area contributed by atoms with E-state index in [1.165, 1.54) is 6.33 Å². The topological polar surface area (TPSA) is 56.1 Å². The minimum Gasteiger partial charge on any atom is -0.478 e. The summed E-state index contributed by atoms with van der Waals surface area (Å²) in [4.78, 5) is 15.1. The number of hydrogen-bond donors (Lipinski definition) is 0. The van der Waals surface area contributed by atoms with Gasteiger partial charge in [-0.15, -0.1) is 0 Å². The van der Waals surface area contributed by atoms with Crippen LogP contribution in [0, 0.1) is 0 Å². The molecule has 3 rings (SSSR count). The van der Waals surface area contributed by atoms with Gasteiger partial charge in [-0.1, -0.05) is 12.1 Å². The minimum absolute atomic E-state index is 0.587. The van der Waals surface area contributed by atoms with Gasteiger partial charge in [0.05, 0.1) is 24.2 Å². The Morgan fingerprint density at radius 1 is 1.23 bits per heavy atom. The number of fused-ring (bicyclic) bond motifs is 1. The maximum absolute atomic E-state index is 5.42. The highest BCUT2D eigenvalue weighted by molar-refractivity contribution is 5.75. The van der Waals surface area contributed by atoms with Crippen molar-refractivity contribution in [1.82, 2.24) is 19.5 Å². The van der Waals surface area contributed by atoms with Crippen LogP contribution >= 0.6 is 0 Å². The number of hydrogen-bond acceptors (Lipinski definition) is 5. The Labute approximate surface area is 129 Å². The van der Waals surface area contributed by atoms with E-state index in [4.69, 9.17) is 4.74 Å². The van der Waals surface area contributed by atoms with Gasteiger partial charge < -0.3 is 14.2 Å². The van der Waals surface area contributed by atoms with Crippen LogP contribution in [-0.4, -0.2) is 33.2 Å². The number of aromatic nitrogens is 4. The van der Waals surface area contributed by atoms with Crippen molar-refractivity contribution >= 4 is 16.9 Å². The number of ether oxygens (including phenoxy) is 1. The van der Waals surface area contributed by atoms with Crippen molar-refractivity contribution in [2.45, 2.75) is 13.5 Å². The van der Waals surface area contributed by atoms with Gasteiger partial charge in [0.1, 0.15) is 18.0 Å². The van der Waals surface area contributed by atoms with Crippen LogP contribution in [0.2, 0.25) is 0 Å². The Morgan fingerprint density at radius 2 is 2.05 bits per heavy atom. The molecule has 0 aliphatic carbocycles. The first-order valence-corrected chi connectivity index (χ1v) is 7.25. The lowest BCUT2D eigenvalue weighted by Crippen LogP contribution is -2.20. The van der Waals surface area contributed by atoms with Crippen LogP contribution in [0.1, 0.15) is 12.7 Å². The third kappa shape index (κ3) is 2.72. The molecule has 1 aromatic carbocycles. The number of para-hydroxylation sites is 2. The van der Waals surface area contributed by atoms with Crippen LogP contribution < -0.4 is 9.64 Å². The van der Waals surface area contributed by atoms with Crippen LogP contribution in [0.25, 0.3) is 11.0 Å². The lowest BCUT2D eigenvalue weighted by atomic mass is 10.3. The normalized spacial score (nSPS) is 10.9. The zero-order valence-electron chi connectivity index (χ0n) is 13.0. The van der Waals surface area contributed by atoms with Crippen molar-refractivity contribution in [3.05, 3.63) is 42.5 Å². The summed E-state index contributed by atoms with van der Waals surface area (Å²) in [6.07, 6.45) is 1.52. The minimum atomic E-state index is 0.587. The number of aryl methyl sites for hydroxylation is 1. The molecule has 6 nitrogen and oxygen atoms in total. The maximum atomic E-state index is 5.42. The van der Waals surface area contributed by atoms with Gasteiger partial charge in [0.2, 0.25) is 5.88 Å². The molecule has 0 amide bonds. The quantitative estimate of drug-likeness (QED) is 0.724. The molecule has 2 heterocycles. The Kier molecular flexibility index (Phi) is 3.91. The number of rotatable bonds is 5. The van der Waals surface area contributed by atoms with Gasteiger partial charge in [-0.25, -0.2) is 15.0 Å². The molecule has 22 heavy (non-hydrogen) atoms. The largest absolute Gasteiger partial charge is 0.478 e. The van der Waals surface area contributed by atoms with Crippen molar-refractivity contribution in [1.29, 1.82) is 0 Å². The summed E-state index contributed by atoms with van der Waals surface area (Å²) in [6, 6.07) is 9.96.